The van der Waals surface area contributed by atoms with Crippen molar-refractivity contribution in [1.82, 2.24) is 9.97 Å². The van der Waals surface area contributed by atoms with Gasteiger partial charge in [-0.05, 0) is 17.9 Å². The van der Waals surface area contributed by atoms with E-state index in [1.165, 1.54) is 11.2 Å². The molecule has 2 N–H and O–H groups in total. The fourth-order valence-electron chi connectivity index (χ4n) is 1.49. The van der Waals surface area contributed by atoms with Crippen molar-refractivity contribution in [3.05, 3.63) is 34.9 Å². The van der Waals surface area contributed by atoms with Crippen LogP contribution in [0.2, 0.25) is 0 Å². The molecule has 0 bridgehead atoms. The van der Waals surface area contributed by atoms with Crippen molar-refractivity contribution in [2.24, 2.45) is 0 Å². The van der Waals surface area contributed by atoms with Crippen molar-refractivity contribution in [1.29, 1.82) is 0 Å². The van der Waals surface area contributed by atoms with Crippen LogP contribution in [0.1, 0.15) is 4.88 Å². The monoisotopic (exact) mass is 234 g/mol. The molecule has 2 rings (SSSR count). The summed E-state index contributed by atoms with van der Waals surface area (Å²) in [5.41, 5.74) is 6.43. The molecule has 0 aromatic carbocycles. The summed E-state index contributed by atoms with van der Waals surface area (Å²) < 4.78 is 0. The van der Waals surface area contributed by atoms with E-state index in [0.717, 1.165) is 18.8 Å². The Morgan fingerprint density at radius 3 is 3.06 bits per heavy atom. The summed E-state index contributed by atoms with van der Waals surface area (Å²) in [4.78, 5) is 11.5. The molecule has 0 fully saturated rings. The molecule has 0 saturated carbocycles. The number of thiophene rings is 1. The number of likely N-dealkylation sites (N-methyl/N-ethyl adjacent to an activating group) is 1. The van der Waals surface area contributed by atoms with E-state index < -0.39 is 0 Å². The number of hydrogen-bond acceptors (Lipinski definition) is 5. The largest absolute Gasteiger partial charge is 0.394 e. The Balaban J connectivity index is 1.98. The van der Waals surface area contributed by atoms with Crippen LogP contribution in [0.3, 0.4) is 0 Å². The molecular weight excluding hydrogens is 220 g/mol. The van der Waals surface area contributed by atoms with Gasteiger partial charge in [-0.1, -0.05) is 6.07 Å². The van der Waals surface area contributed by atoms with Crippen LogP contribution in [-0.4, -0.2) is 23.6 Å². The number of rotatable bonds is 4. The molecule has 4 nitrogen and oxygen atoms in total. The molecule has 0 aliphatic carbocycles. The molecule has 0 unspecified atom stereocenters. The van der Waals surface area contributed by atoms with E-state index in [9.17, 15) is 0 Å². The minimum absolute atomic E-state index is 0.621. The van der Waals surface area contributed by atoms with E-state index in [-0.39, 0.29) is 0 Å². The molecule has 0 spiro atoms. The lowest BCUT2D eigenvalue weighted by Crippen LogP contribution is -2.22. The van der Waals surface area contributed by atoms with E-state index in [1.54, 1.807) is 17.5 Å². The molecule has 16 heavy (non-hydrogen) atoms. The maximum atomic E-state index is 5.81. The number of hydrogen-bond donors (Lipinski definition) is 1. The molecule has 2 heterocycles. The van der Waals surface area contributed by atoms with Gasteiger partial charge in [0.05, 0.1) is 11.9 Å². The zero-order valence-corrected chi connectivity index (χ0v) is 9.94. The summed E-state index contributed by atoms with van der Waals surface area (Å²) in [7, 11) is 1.99. The maximum absolute atomic E-state index is 5.81. The van der Waals surface area contributed by atoms with Crippen molar-refractivity contribution in [2.45, 2.75) is 6.42 Å². The van der Waals surface area contributed by atoms with Crippen molar-refractivity contribution < 1.29 is 0 Å². The van der Waals surface area contributed by atoms with Crippen LogP contribution in [0.4, 0.5) is 11.5 Å². The van der Waals surface area contributed by atoms with Gasteiger partial charge in [-0.15, -0.1) is 11.3 Å². The molecular formula is C11H14N4S. The average Bonchev–Trinajstić information content (AvgIpc) is 2.79. The molecule has 84 valence electrons. The molecule has 2 aromatic rings. The number of nitrogens with zero attached hydrogens (tertiary/aromatic N) is 3. The van der Waals surface area contributed by atoms with Gasteiger partial charge in [-0.3, -0.25) is 0 Å². The van der Waals surface area contributed by atoms with Gasteiger partial charge < -0.3 is 10.6 Å². The van der Waals surface area contributed by atoms with E-state index in [1.807, 2.05) is 7.05 Å². The van der Waals surface area contributed by atoms with Crippen molar-refractivity contribution in [2.75, 3.05) is 24.2 Å². The van der Waals surface area contributed by atoms with Gasteiger partial charge in [0.2, 0.25) is 0 Å². The van der Waals surface area contributed by atoms with Crippen molar-refractivity contribution in [3.63, 3.8) is 0 Å². The normalized spacial score (nSPS) is 10.3. The number of aromatic nitrogens is 2. The first-order valence-electron chi connectivity index (χ1n) is 5.06. The first-order valence-corrected chi connectivity index (χ1v) is 5.94. The van der Waals surface area contributed by atoms with Crippen LogP contribution in [0.15, 0.2) is 30.0 Å². The third-order valence-corrected chi connectivity index (χ3v) is 3.29. The quantitative estimate of drug-likeness (QED) is 0.876. The molecule has 2 aromatic heterocycles. The highest BCUT2D eigenvalue weighted by Gasteiger charge is 2.06. The Labute approximate surface area is 98.8 Å². The lowest BCUT2D eigenvalue weighted by atomic mass is 10.3. The zero-order valence-electron chi connectivity index (χ0n) is 9.13. The van der Waals surface area contributed by atoms with Gasteiger partial charge in [0.15, 0.2) is 5.82 Å². The smallest absolute Gasteiger partial charge is 0.154 e. The number of nitrogens with two attached hydrogens (primary N) is 1. The van der Waals surface area contributed by atoms with E-state index in [2.05, 4.69) is 32.4 Å². The van der Waals surface area contributed by atoms with Gasteiger partial charge in [-0.25, -0.2) is 9.97 Å². The van der Waals surface area contributed by atoms with Gasteiger partial charge in [0, 0.05) is 18.5 Å². The molecule has 0 aliphatic rings. The molecule has 0 radical (unpaired) electrons. The van der Waals surface area contributed by atoms with Crippen LogP contribution in [0.5, 0.6) is 0 Å². The van der Waals surface area contributed by atoms with Gasteiger partial charge in [0.25, 0.3) is 0 Å². The standard InChI is InChI=1S/C11H14N4S/c1-15(5-4-9-3-2-6-16-9)11-10(12)7-13-8-14-11/h2-3,6-8H,4-5,12H2,1H3. The predicted octanol–water partition coefficient (Wildman–Crippen LogP) is 1.80. The van der Waals surface area contributed by atoms with Crippen LogP contribution < -0.4 is 10.6 Å². The topological polar surface area (TPSA) is 55.0 Å². The summed E-state index contributed by atoms with van der Waals surface area (Å²) >= 11 is 1.77. The average molecular weight is 234 g/mol. The Kier molecular flexibility index (Phi) is 3.36. The SMILES string of the molecule is CN(CCc1cccs1)c1ncncc1N. The summed E-state index contributed by atoms with van der Waals surface area (Å²) in [6, 6.07) is 4.21. The van der Waals surface area contributed by atoms with E-state index in [0.29, 0.717) is 5.69 Å². The molecule has 0 aliphatic heterocycles. The fourth-order valence-corrected chi connectivity index (χ4v) is 2.19. The first-order chi connectivity index (χ1) is 7.77. The number of nitrogen functional groups attached to an aromatic ring is 1. The number of anilines is 2. The second-order valence-corrected chi connectivity index (χ2v) is 4.58. The third-order valence-electron chi connectivity index (χ3n) is 2.35. The Bertz CT molecular complexity index is 441. The van der Waals surface area contributed by atoms with Crippen LogP contribution in [0.25, 0.3) is 0 Å². The second-order valence-electron chi connectivity index (χ2n) is 3.55. The van der Waals surface area contributed by atoms with Crippen LogP contribution in [-0.2, 0) is 6.42 Å². The molecule has 0 atom stereocenters. The summed E-state index contributed by atoms with van der Waals surface area (Å²) in [6.45, 7) is 0.904. The highest BCUT2D eigenvalue weighted by atomic mass is 32.1. The van der Waals surface area contributed by atoms with Gasteiger partial charge in [-0.2, -0.15) is 0 Å². The summed E-state index contributed by atoms with van der Waals surface area (Å²) in [5, 5.41) is 2.09. The second kappa shape index (κ2) is 4.94. The lowest BCUT2D eigenvalue weighted by molar-refractivity contribution is 0.866. The van der Waals surface area contributed by atoms with Crippen LogP contribution >= 0.6 is 11.3 Å². The molecule has 5 heteroatoms. The summed E-state index contributed by atoms with van der Waals surface area (Å²) in [6.07, 6.45) is 4.16. The Hall–Kier alpha value is -1.62. The molecule has 0 amide bonds. The van der Waals surface area contributed by atoms with Crippen molar-refractivity contribution >= 4 is 22.8 Å². The minimum atomic E-state index is 0.621. The predicted molar refractivity (Wildman–Crippen MR) is 67.7 cm³/mol. The molecule has 0 saturated heterocycles. The van der Waals surface area contributed by atoms with E-state index in [4.69, 9.17) is 5.73 Å². The zero-order chi connectivity index (χ0) is 11.4. The first kappa shape index (κ1) is 10.9. The van der Waals surface area contributed by atoms with Gasteiger partial charge >= 0.3 is 0 Å². The highest BCUT2D eigenvalue weighted by molar-refractivity contribution is 7.09. The third kappa shape index (κ3) is 2.49. The summed E-state index contributed by atoms with van der Waals surface area (Å²) in [5.74, 6) is 0.798. The van der Waals surface area contributed by atoms with Crippen LogP contribution in [0, 0.1) is 0 Å². The van der Waals surface area contributed by atoms with E-state index >= 15 is 0 Å². The van der Waals surface area contributed by atoms with Gasteiger partial charge in [0.1, 0.15) is 6.33 Å². The maximum Gasteiger partial charge on any atom is 0.154 e. The highest BCUT2D eigenvalue weighted by Crippen LogP contribution is 2.17. The minimum Gasteiger partial charge on any atom is -0.394 e. The fraction of sp³-hybridized carbons (Fsp3) is 0.273. The lowest BCUT2D eigenvalue weighted by Gasteiger charge is -2.18. The Morgan fingerprint density at radius 2 is 2.38 bits per heavy atom. The Morgan fingerprint density at radius 1 is 1.50 bits per heavy atom. The van der Waals surface area contributed by atoms with Crippen molar-refractivity contribution in [3.8, 4) is 0 Å².